The van der Waals surface area contributed by atoms with Crippen LogP contribution in [0.15, 0.2) is 0 Å². The van der Waals surface area contributed by atoms with Gasteiger partial charge in [0.05, 0.1) is 0 Å². The fourth-order valence-electron chi connectivity index (χ4n) is 5.36. The molecule has 0 saturated carbocycles. The number of hydrogen-bond acceptors (Lipinski definition) is 3. The van der Waals surface area contributed by atoms with Gasteiger partial charge in [-0.15, -0.1) is 0 Å². The maximum absolute atomic E-state index is 12.3. The summed E-state index contributed by atoms with van der Waals surface area (Å²) in [6.45, 7) is 4.46. The van der Waals surface area contributed by atoms with Crippen LogP contribution in [0.3, 0.4) is 0 Å². The number of rotatable bonds is 31. The van der Waals surface area contributed by atoms with Crippen LogP contribution in [0.1, 0.15) is 200 Å². The first kappa shape index (κ1) is 36.9. The molecule has 1 atom stereocenters. The minimum atomic E-state index is -0.667. The molecule has 0 aromatic heterocycles. The molecule has 1 N–H and O–H groups in total. The molecule has 0 saturated heterocycles. The predicted octanol–water partition coefficient (Wildman–Crippen LogP) is 11.3. The van der Waals surface area contributed by atoms with Gasteiger partial charge in [0.25, 0.3) is 0 Å². The first-order chi connectivity index (χ1) is 18.6. The molecule has 0 fully saturated rings. The maximum Gasteiger partial charge on any atom is 0.306 e. The van der Waals surface area contributed by atoms with Gasteiger partial charge in [0.2, 0.25) is 0 Å². The van der Waals surface area contributed by atoms with Crippen molar-refractivity contribution in [3.63, 3.8) is 0 Å². The monoisotopic (exact) mass is 538 g/mol. The molecule has 0 rings (SSSR count). The van der Waals surface area contributed by atoms with Crippen molar-refractivity contribution in [2.24, 2.45) is 0 Å². The molecule has 0 aromatic rings. The largest absolute Gasteiger partial charge is 0.481 e. The number of carbonyl (C=O) groups excluding carboxylic acids is 1. The fraction of sp³-hybridized carbons (Fsp3) is 0.941. The van der Waals surface area contributed by atoms with Gasteiger partial charge in [-0.2, -0.15) is 0 Å². The topological polar surface area (TPSA) is 63.6 Å². The van der Waals surface area contributed by atoms with Crippen molar-refractivity contribution in [3.05, 3.63) is 0 Å². The summed E-state index contributed by atoms with van der Waals surface area (Å²) in [5.41, 5.74) is 0. The molecule has 0 radical (unpaired) electrons. The smallest absolute Gasteiger partial charge is 0.306 e. The van der Waals surface area contributed by atoms with Gasteiger partial charge in [0, 0.05) is 12.8 Å². The van der Waals surface area contributed by atoms with Crippen LogP contribution in [-0.4, -0.2) is 23.1 Å². The summed E-state index contributed by atoms with van der Waals surface area (Å²) in [6, 6.07) is 0. The molecule has 0 spiro atoms. The highest BCUT2D eigenvalue weighted by Crippen LogP contribution is 2.17. The summed E-state index contributed by atoms with van der Waals surface area (Å²) in [5.74, 6) is -0.640. The molecule has 0 aliphatic heterocycles. The van der Waals surface area contributed by atoms with E-state index in [4.69, 9.17) is 9.84 Å². The molecule has 4 heteroatoms. The first-order valence-corrected chi connectivity index (χ1v) is 17.0. The molecule has 4 nitrogen and oxygen atoms in total. The Bertz CT molecular complexity index is 505. The van der Waals surface area contributed by atoms with E-state index in [2.05, 4.69) is 13.8 Å². The van der Waals surface area contributed by atoms with Crippen molar-refractivity contribution in [1.29, 1.82) is 0 Å². The van der Waals surface area contributed by atoms with E-state index in [1.165, 1.54) is 128 Å². The number of carboxylic acid groups (broad SMARTS) is 1. The summed E-state index contributed by atoms with van der Waals surface area (Å²) < 4.78 is 5.84. The number of carbonyl (C=O) groups is 2. The van der Waals surface area contributed by atoms with Gasteiger partial charge in [-0.05, 0) is 32.1 Å². The van der Waals surface area contributed by atoms with Gasteiger partial charge in [0.15, 0.2) is 0 Å². The van der Waals surface area contributed by atoms with Crippen molar-refractivity contribution in [2.75, 3.05) is 0 Å². The second-order valence-corrected chi connectivity index (χ2v) is 11.7. The summed E-state index contributed by atoms with van der Waals surface area (Å²) in [5, 5.41) is 8.64. The molecular weight excluding hydrogens is 472 g/mol. The number of carboxylic acids is 1. The van der Waals surface area contributed by atoms with E-state index in [-0.39, 0.29) is 12.1 Å². The third-order valence-corrected chi connectivity index (χ3v) is 7.81. The number of hydrogen-bond donors (Lipinski definition) is 1. The lowest BCUT2D eigenvalue weighted by Gasteiger charge is -2.17. The minimum Gasteiger partial charge on any atom is -0.481 e. The van der Waals surface area contributed by atoms with E-state index in [0.717, 1.165) is 44.9 Å². The average Bonchev–Trinajstić information content (AvgIpc) is 2.89. The van der Waals surface area contributed by atoms with Crippen LogP contribution in [0.2, 0.25) is 0 Å². The Morgan fingerprint density at radius 2 is 0.842 bits per heavy atom. The highest BCUT2D eigenvalue weighted by atomic mass is 16.5. The zero-order chi connectivity index (χ0) is 27.9. The second kappa shape index (κ2) is 30.5. The lowest BCUT2D eigenvalue weighted by atomic mass is 10.0. The molecule has 0 aliphatic rings. The number of esters is 1. The highest BCUT2D eigenvalue weighted by Gasteiger charge is 2.13. The van der Waals surface area contributed by atoms with Crippen LogP contribution < -0.4 is 0 Å². The molecule has 1 unspecified atom stereocenters. The van der Waals surface area contributed by atoms with Crippen LogP contribution in [0.4, 0.5) is 0 Å². The third kappa shape index (κ3) is 29.5. The third-order valence-electron chi connectivity index (χ3n) is 7.81. The lowest BCUT2D eigenvalue weighted by molar-refractivity contribution is -0.150. The second-order valence-electron chi connectivity index (χ2n) is 11.7. The van der Waals surface area contributed by atoms with E-state index < -0.39 is 5.97 Å². The van der Waals surface area contributed by atoms with Crippen molar-refractivity contribution >= 4 is 11.9 Å². The quantitative estimate of drug-likeness (QED) is 0.0704. The molecular formula is C34H66O4. The van der Waals surface area contributed by atoms with Gasteiger partial charge >= 0.3 is 11.9 Å². The molecule has 0 aromatic carbocycles. The van der Waals surface area contributed by atoms with Gasteiger partial charge in [-0.25, -0.2) is 0 Å². The average molecular weight is 539 g/mol. The highest BCUT2D eigenvalue weighted by molar-refractivity contribution is 5.69. The predicted molar refractivity (Wildman–Crippen MR) is 163 cm³/mol. The minimum absolute atomic E-state index is 0.0274. The van der Waals surface area contributed by atoms with Gasteiger partial charge in [0.1, 0.15) is 6.10 Å². The molecule has 0 amide bonds. The van der Waals surface area contributed by atoms with Crippen molar-refractivity contribution in [1.82, 2.24) is 0 Å². The Labute approximate surface area is 237 Å². The van der Waals surface area contributed by atoms with E-state index in [1.807, 2.05) is 0 Å². The van der Waals surface area contributed by atoms with E-state index >= 15 is 0 Å². The molecule has 226 valence electrons. The first-order valence-electron chi connectivity index (χ1n) is 17.0. The van der Waals surface area contributed by atoms with E-state index in [1.54, 1.807) is 0 Å². The van der Waals surface area contributed by atoms with Crippen LogP contribution in [0.5, 0.6) is 0 Å². The SMILES string of the molecule is CCCCCCCCCCCCCC(=O)OC(CCC)CCCCCCCCCCCCCCCC(=O)O. The van der Waals surface area contributed by atoms with Gasteiger partial charge in [-0.3, -0.25) is 9.59 Å². The van der Waals surface area contributed by atoms with Gasteiger partial charge in [-0.1, -0.05) is 155 Å². The van der Waals surface area contributed by atoms with Crippen LogP contribution >= 0.6 is 0 Å². The van der Waals surface area contributed by atoms with E-state index in [9.17, 15) is 9.59 Å². The summed E-state index contributed by atoms with van der Waals surface area (Å²) in [7, 11) is 0. The zero-order valence-corrected chi connectivity index (χ0v) is 25.8. The summed E-state index contributed by atoms with van der Waals surface area (Å²) >= 11 is 0. The van der Waals surface area contributed by atoms with Crippen LogP contribution in [-0.2, 0) is 14.3 Å². The number of unbranched alkanes of at least 4 members (excludes halogenated alkanes) is 22. The van der Waals surface area contributed by atoms with Crippen molar-refractivity contribution in [3.8, 4) is 0 Å². The Hall–Kier alpha value is -1.06. The lowest BCUT2D eigenvalue weighted by Crippen LogP contribution is -2.18. The molecule has 0 aliphatic carbocycles. The molecule has 0 heterocycles. The molecule has 38 heavy (non-hydrogen) atoms. The normalized spacial score (nSPS) is 12.1. The number of aliphatic carboxylic acids is 1. The fourth-order valence-corrected chi connectivity index (χ4v) is 5.36. The Kier molecular flexibility index (Phi) is 29.6. The summed E-state index contributed by atoms with van der Waals surface area (Å²) in [4.78, 5) is 22.8. The van der Waals surface area contributed by atoms with Gasteiger partial charge < -0.3 is 9.84 Å². The van der Waals surface area contributed by atoms with Crippen molar-refractivity contribution < 1.29 is 19.4 Å². The van der Waals surface area contributed by atoms with Crippen LogP contribution in [0.25, 0.3) is 0 Å². The Balaban J connectivity index is 3.52. The molecule has 0 bridgehead atoms. The van der Waals surface area contributed by atoms with Crippen LogP contribution in [0, 0.1) is 0 Å². The Morgan fingerprint density at radius 1 is 0.474 bits per heavy atom. The van der Waals surface area contributed by atoms with Crippen molar-refractivity contribution in [2.45, 2.75) is 206 Å². The standard InChI is InChI=1S/C34H66O4/c1-3-5-6-7-8-9-13-18-21-24-27-31-34(37)38-32(28-4-2)29-25-22-19-16-14-11-10-12-15-17-20-23-26-30-33(35)36/h32H,3-31H2,1-2H3,(H,35,36). The maximum atomic E-state index is 12.3. The zero-order valence-electron chi connectivity index (χ0n) is 25.8. The number of ether oxygens (including phenoxy) is 1. The Morgan fingerprint density at radius 3 is 1.24 bits per heavy atom. The van der Waals surface area contributed by atoms with E-state index in [0.29, 0.717) is 12.8 Å². The summed E-state index contributed by atoms with van der Waals surface area (Å²) in [6.07, 6.45) is 34.6.